The lowest BCUT2D eigenvalue weighted by Gasteiger charge is -1.95. The number of rotatable bonds is 3. The molecule has 0 fully saturated rings. The number of pyridine rings is 1. The molecule has 1 aromatic rings. The molecule has 16 heavy (non-hydrogen) atoms. The minimum atomic E-state index is -0.547. The van der Waals surface area contributed by atoms with E-state index in [2.05, 4.69) is 28.6 Å². The molecule has 0 aromatic carbocycles. The zero-order valence-corrected chi connectivity index (χ0v) is 8.65. The van der Waals surface area contributed by atoms with Gasteiger partial charge in [-0.2, -0.15) is 0 Å². The molecule has 1 rings (SSSR count). The highest BCUT2D eigenvalue weighted by atomic mass is 19.1. The minimum Gasteiger partial charge on any atom is -0.411 e. The SMILES string of the molecule is C=CCCC#Cc1ccc(F)c(C=NO)n1. The third-order valence-corrected chi connectivity index (χ3v) is 1.74. The van der Waals surface area contributed by atoms with E-state index in [1.54, 1.807) is 6.08 Å². The topological polar surface area (TPSA) is 45.5 Å². The summed E-state index contributed by atoms with van der Waals surface area (Å²) in [5.74, 6) is 5.12. The molecule has 0 bridgehead atoms. The van der Waals surface area contributed by atoms with E-state index in [4.69, 9.17) is 5.21 Å². The number of unbranched alkanes of at least 4 members (excludes halogenated alkanes) is 1. The van der Waals surface area contributed by atoms with Crippen LogP contribution in [0.5, 0.6) is 0 Å². The first-order valence-electron chi connectivity index (χ1n) is 4.71. The first-order chi connectivity index (χ1) is 7.77. The molecule has 0 atom stereocenters. The number of allylic oxidation sites excluding steroid dienone is 1. The number of nitrogens with zero attached hydrogens (tertiary/aromatic N) is 2. The maximum atomic E-state index is 13.1. The predicted molar refractivity (Wildman–Crippen MR) is 59.9 cm³/mol. The molecule has 1 heterocycles. The van der Waals surface area contributed by atoms with Crippen molar-refractivity contribution in [3.63, 3.8) is 0 Å². The van der Waals surface area contributed by atoms with Crippen LogP contribution in [0.2, 0.25) is 0 Å². The zero-order chi connectivity index (χ0) is 11.8. The first kappa shape index (κ1) is 11.9. The smallest absolute Gasteiger partial charge is 0.150 e. The third-order valence-electron chi connectivity index (χ3n) is 1.74. The lowest BCUT2D eigenvalue weighted by atomic mass is 10.2. The number of oxime groups is 1. The van der Waals surface area contributed by atoms with Crippen molar-refractivity contribution < 1.29 is 9.60 Å². The monoisotopic (exact) mass is 218 g/mol. The molecule has 0 saturated heterocycles. The van der Waals surface area contributed by atoms with Gasteiger partial charge < -0.3 is 5.21 Å². The maximum absolute atomic E-state index is 13.1. The van der Waals surface area contributed by atoms with Crippen LogP contribution in [0.4, 0.5) is 4.39 Å². The van der Waals surface area contributed by atoms with E-state index < -0.39 is 5.82 Å². The summed E-state index contributed by atoms with van der Waals surface area (Å²) < 4.78 is 13.1. The molecule has 0 spiro atoms. The highest BCUT2D eigenvalue weighted by molar-refractivity contribution is 5.76. The van der Waals surface area contributed by atoms with Crippen LogP contribution in [0, 0.1) is 17.7 Å². The molecule has 0 aliphatic heterocycles. The third kappa shape index (κ3) is 3.54. The largest absolute Gasteiger partial charge is 0.411 e. The van der Waals surface area contributed by atoms with Crippen molar-refractivity contribution >= 4 is 6.21 Å². The number of halogens is 1. The summed E-state index contributed by atoms with van der Waals surface area (Å²) >= 11 is 0. The molecule has 0 amide bonds. The van der Waals surface area contributed by atoms with Crippen LogP contribution in [0.25, 0.3) is 0 Å². The molecular formula is C12H11FN2O. The van der Waals surface area contributed by atoms with Gasteiger partial charge in [-0.05, 0) is 24.5 Å². The van der Waals surface area contributed by atoms with E-state index >= 15 is 0 Å². The van der Waals surface area contributed by atoms with Crippen LogP contribution in [-0.4, -0.2) is 16.4 Å². The van der Waals surface area contributed by atoms with Crippen LogP contribution in [-0.2, 0) is 0 Å². The van der Waals surface area contributed by atoms with Gasteiger partial charge in [0.2, 0.25) is 0 Å². The second-order valence-corrected chi connectivity index (χ2v) is 2.94. The van der Waals surface area contributed by atoms with Crippen LogP contribution in [0.3, 0.4) is 0 Å². The predicted octanol–water partition coefficient (Wildman–Crippen LogP) is 2.35. The maximum Gasteiger partial charge on any atom is 0.150 e. The molecule has 0 radical (unpaired) electrons. The molecule has 0 aliphatic carbocycles. The van der Waals surface area contributed by atoms with E-state index in [1.165, 1.54) is 12.1 Å². The van der Waals surface area contributed by atoms with E-state index in [-0.39, 0.29) is 5.69 Å². The fourth-order valence-corrected chi connectivity index (χ4v) is 1.00. The lowest BCUT2D eigenvalue weighted by molar-refractivity contribution is 0.321. The molecule has 1 aromatic heterocycles. The summed E-state index contributed by atoms with van der Waals surface area (Å²) in [4.78, 5) is 3.88. The van der Waals surface area contributed by atoms with Gasteiger partial charge in [0.05, 0.1) is 6.21 Å². The number of hydrogen-bond donors (Lipinski definition) is 1. The van der Waals surface area contributed by atoms with Gasteiger partial charge >= 0.3 is 0 Å². The van der Waals surface area contributed by atoms with Crippen LogP contribution < -0.4 is 0 Å². The van der Waals surface area contributed by atoms with Crippen molar-refractivity contribution in [2.75, 3.05) is 0 Å². The second kappa shape index (κ2) is 6.36. The van der Waals surface area contributed by atoms with Gasteiger partial charge in [-0.1, -0.05) is 17.2 Å². The quantitative estimate of drug-likeness (QED) is 0.211. The van der Waals surface area contributed by atoms with E-state index in [0.29, 0.717) is 12.1 Å². The Kier molecular flexibility index (Phi) is 4.74. The normalized spacial score (nSPS) is 9.81. The molecule has 4 heteroatoms. The Morgan fingerprint density at radius 2 is 2.38 bits per heavy atom. The van der Waals surface area contributed by atoms with Gasteiger partial charge in [0.1, 0.15) is 11.4 Å². The molecule has 0 aliphatic rings. The highest BCUT2D eigenvalue weighted by Gasteiger charge is 2.01. The van der Waals surface area contributed by atoms with Crippen molar-refractivity contribution in [1.29, 1.82) is 0 Å². The number of aromatic nitrogens is 1. The zero-order valence-electron chi connectivity index (χ0n) is 8.65. The van der Waals surface area contributed by atoms with E-state index in [1.807, 2.05) is 0 Å². The van der Waals surface area contributed by atoms with Crippen molar-refractivity contribution in [1.82, 2.24) is 4.98 Å². The van der Waals surface area contributed by atoms with Crippen molar-refractivity contribution in [2.45, 2.75) is 12.8 Å². The lowest BCUT2D eigenvalue weighted by Crippen LogP contribution is -1.95. The van der Waals surface area contributed by atoms with Gasteiger partial charge in [-0.15, -0.1) is 6.58 Å². The summed E-state index contributed by atoms with van der Waals surface area (Å²) in [7, 11) is 0. The van der Waals surface area contributed by atoms with Gasteiger partial charge in [-0.3, -0.25) is 0 Å². The van der Waals surface area contributed by atoms with Crippen molar-refractivity contribution in [3.05, 3.63) is 42.0 Å². The summed E-state index contributed by atoms with van der Waals surface area (Å²) in [6.45, 7) is 3.58. The average Bonchev–Trinajstić information content (AvgIpc) is 2.29. The average molecular weight is 218 g/mol. The first-order valence-corrected chi connectivity index (χ1v) is 4.71. The highest BCUT2D eigenvalue weighted by Crippen LogP contribution is 2.03. The van der Waals surface area contributed by atoms with Gasteiger partial charge in [-0.25, -0.2) is 9.37 Å². The van der Waals surface area contributed by atoms with Crippen molar-refractivity contribution in [3.8, 4) is 11.8 Å². The summed E-state index contributed by atoms with van der Waals surface area (Å²) in [6, 6.07) is 2.71. The van der Waals surface area contributed by atoms with E-state index in [9.17, 15) is 4.39 Å². The Hall–Kier alpha value is -2.15. The Balaban J connectivity index is 2.84. The molecule has 1 N–H and O–H groups in total. The molecule has 3 nitrogen and oxygen atoms in total. The Labute approximate surface area is 93.3 Å². The summed E-state index contributed by atoms with van der Waals surface area (Å²) in [5, 5.41) is 11.0. The molecular weight excluding hydrogens is 207 g/mol. The summed E-state index contributed by atoms with van der Waals surface area (Å²) in [6.07, 6.45) is 4.20. The van der Waals surface area contributed by atoms with E-state index in [0.717, 1.165) is 12.6 Å². The van der Waals surface area contributed by atoms with Gasteiger partial charge in [0.15, 0.2) is 5.82 Å². The fraction of sp³-hybridized carbons (Fsp3) is 0.167. The standard InChI is InChI=1S/C12H11FN2O/c1-2-3-4-5-6-10-7-8-11(13)12(15-10)9-14-16/h2,7-9,16H,1,3-4H2. The fourth-order valence-electron chi connectivity index (χ4n) is 1.00. The Bertz CT molecular complexity index is 458. The van der Waals surface area contributed by atoms with Gasteiger partial charge in [0, 0.05) is 6.42 Å². The van der Waals surface area contributed by atoms with Gasteiger partial charge in [0.25, 0.3) is 0 Å². The molecule has 82 valence electrons. The van der Waals surface area contributed by atoms with Crippen LogP contribution in [0.15, 0.2) is 29.9 Å². The second-order valence-electron chi connectivity index (χ2n) is 2.94. The summed E-state index contributed by atoms with van der Waals surface area (Å²) in [5.41, 5.74) is 0.415. The Morgan fingerprint density at radius 3 is 3.06 bits per heavy atom. The van der Waals surface area contributed by atoms with Crippen LogP contribution in [0.1, 0.15) is 24.2 Å². The minimum absolute atomic E-state index is 0.0296. The molecule has 0 unspecified atom stereocenters. The Morgan fingerprint density at radius 1 is 1.56 bits per heavy atom. The van der Waals surface area contributed by atoms with Crippen molar-refractivity contribution in [2.24, 2.45) is 5.16 Å². The van der Waals surface area contributed by atoms with Crippen LogP contribution >= 0.6 is 0 Å². The number of hydrogen-bond acceptors (Lipinski definition) is 3. The molecule has 0 saturated carbocycles.